The van der Waals surface area contributed by atoms with Gasteiger partial charge in [-0.3, -0.25) is 9.69 Å². The molecule has 0 radical (unpaired) electrons. The van der Waals surface area contributed by atoms with Crippen LogP contribution in [0.1, 0.15) is 30.4 Å². The van der Waals surface area contributed by atoms with Crippen LogP contribution in [-0.2, 0) is 22.4 Å². The van der Waals surface area contributed by atoms with Crippen LogP contribution in [0.15, 0.2) is 60.7 Å². The standard InChI is InChI=1S/C28H41N5O3/c1-30-28(35)32-26(14-15-33-16-18-36-19-17-33)27(34)31-25(21-23-10-6-3-7-11-23)13-12-24(29)20-22-8-4-2-5-9-22/h2-11,24-26H,12-21,29H2,1H3,(H,31,34)(H2,30,32,35)/t24-,25-,26+/m1/s1. The smallest absolute Gasteiger partial charge is 0.315 e. The molecule has 0 bridgehead atoms. The summed E-state index contributed by atoms with van der Waals surface area (Å²) in [6, 6.07) is 19.3. The van der Waals surface area contributed by atoms with Crippen molar-refractivity contribution in [2.75, 3.05) is 39.9 Å². The molecule has 1 fully saturated rings. The van der Waals surface area contributed by atoms with Gasteiger partial charge < -0.3 is 26.4 Å². The summed E-state index contributed by atoms with van der Waals surface area (Å²) >= 11 is 0. The molecule has 2 aromatic carbocycles. The first-order valence-corrected chi connectivity index (χ1v) is 13.0. The Morgan fingerprint density at radius 1 is 0.889 bits per heavy atom. The molecule has 0 aliphatic carbocycles. The van der Waals surface area contributed by atoms with E-state index in [2.05, 4.69) is 45.1 Å². The number of hydrogen-bond acceptors (Lipinski definition) is 5. The molecule has 196 valence electrons. The molecular weight excluding hydrogens is 454 g/mol. The molecule has 5 N–H and O–H groups in total. The number of hydrogen-bond donors (Lipinski definition) is 4. The number of urea groups is 1. The number of amides is 3. The summed E-state index contributed by atoms with van der Waals surface area (Å²) in [4.78, 5) is 27.7. The minimum atomic E-state index is -0.621. The van der Waals surface area contributed by atoms with Gasteiger partial charge in [-0.05, 0) is 43.2 Å². The second-order valence-corrected chi connectivity index (χ2v) is 9.44. The summed E-state index contributed by atoms with van der Waals surface area (Å²) in [5.74, 6) is -0.163. The van der Waals surface area contributed by atoms with E-state index in [0.717, 1.165) is 44.5 Å². The van der Waals surface area contributed by atoms with E-state index in [1.54, 1.807) is 7.05 Å². The Balaban J connectivity index is 1.62. The topological polar surface area (TPSA) is 109 Å². The Morgan fingerprint density at radius 2 is 1.50 bits per heavy atom. The normalized spacial score (nSPS) is 16.5. The first kappa shape index (κ1) is 27.6. The van der Waals surface area contributed by atoms with Crippen LogP contribution in [0.25, 0.3) is 0 Å². The number of carbonyl (C=O) groups excluding carboxylic acids is 2. The fraction of sp³-hybridized carbons (Fsp3) is 0.500. The Morgan fingerprint density at radius 3 is 2.11 bits per heavy atom. The maximum absolute atomic E-state index is 13.4. The molecule has 36 heavy (non-hydrogen) atoms. The van der Waals surface area contributed by atoms with E-state index in [9.17, 15) is 9.59 Å². The van der Waals surface area contributed by atoms with E-state index in [1.807, 2.05) is 36.4 Å². The number of rotatable bonds is 13. The van der Waals surface area contributed by atoms with Gasteiger partial charge in [0.25, 0.3) is 0 Å². The molecule has 1 heterocycles. The van der Waals surface area contributed by atoms with Crippen molar-refractivity contribution in [2.24, 2.45) is 5.73 Å². The molecule has 8 nitrogen and oxygen atoms in total. The van der Waals surface area contributed by atoms with E-state index in [-0.39, 0.29) is 24.0 Å². The minimum Gasteiger partial charge on any atom is -0.379 e. The lowest BCUT2D eigenvalue weighted by molar-refractivity contribution is -0.124. The number of nitrogens with one attached hydrogen (secondary N) is 3. The number of benzene rings is 2. The third-order valence-corrected chi connectivity index (χ3v) is 6.58. The van der Waals surface area contributed by atoms with Crippen molar-refractivity contribution in [3.63, 3.8) is 0 Å². The van der Waals surface area contributed by atoms with E-state index in [1.165, 1.54) is 5.56 Å². The third kappa shape index (κ3) is 9.97. The van der Waals surface area contributed by atoms with Crippen molar-refractivity contribution in [3.8, 4) is 0 Å². The van der Waals surface area contributed by atoms with Crippen molar-refractivity contribution >= 4 is 11.9 Å². The lowest BCUT2D eigenvalue weighted by Gasteiger charge is -2.29. The van der Waals surface area contributed by atoms with Gasteiger partial charge in [0.15, 0.2) is 0 Å². The molecule has 3 rings (SSSR count). The monoisotopic (exact) mass is 495 g/mol. The van der Waals surface area contributed by atoms with Crippen molar-refractivity contribution in [2.45, 2.75) is 50.2 Å². The molecule has 0 spiro atoms. The highest BCUT2D eigenvalue weighted by atomic mass is 16.5. The molecule has 1 aliphatic heterocycles. The Hall–Kier alpha value is -2.94. The zero-order chi connectivity index (χ0) is 25.6. The maximum atomic E-state index is 13.4. The van der Waals surface area contributed by atoms with Crippen LogP contribution in [-0.4, -0.2) is 74.9 Å². The molecule has 0 aromatic heterocycles. The van der Waals surface area contributed by atoms with E-state index in [0.29, 0.717) is 26.1 Å². The fourth-order valence-corrected chi connectivity index (χ4v) is 4.50. The molecule has 1 aliphatic rings. The van der Waals surface area contributed by atoms with Gasteiger partial charge in [-0.2, -0.15) is 0 Å². The van der Waals surface area contributed by atoms with Gasteiger partial charge in [0, 0.05) is 38.8 Å². The van der Waals surface area contributed by atoms with E-state index >= 15 is 0 Å². The fourth-order valence-electron chi connectivity index (χ4n) is 4.50. The quantitative estimate of drug-likeness (QED) is 0.340. The van der Waals surface area contributed by atoms with Crippen LogP contribution in [0.5, 0.6) is 0 Å². The highest BCUT2D eigenvalue weighted by Crippen LogP contribution is 2.12. The maximum Gasteiger partial charge on any atom is 0.315 e. The SMILES string of the molecule is CNC(=O)N[C@@H](CCN1CCOCC1)C(=O)N[C@H](CC[C@@H](N)Cc1ccccc1)Cc1ccccc1. The highest BCUT2D eigenvalue weighted by molar-refractivity contribution is 5.87. The predicted octanol–water partition coefficient (Wildman–Crippen LogP) is 2.08. The zero-order valence-electron chi connectivity index (χ0n) is 21.3. The first-order chi connectivity index (χ1) is 17.5. The summed E-state index contributed by atoms with van der Waals surface area (Å²) in [6.45, 7) is 3.79. The number of morpholine rings is 1. The van der Waals surface area contributed by atoms with Gasteiger partial charge in [-0.15, -0.1) is 0 Å². The third-order valence-electron chi connectivity index (χ3n) is 6.58. The van der Waals surface area contributed by atoms with Gasteiger partial charge in [-0.25, -0.2) is 4.79 Å². The van der Waals surface area contributed by atoms with Crippen LogP contribution in [0.4, 0.5) is 4.79 Å². The van der Waals surface area contributed by atoms with Gasteiger partial charge >= 0.3 is 6.03 Å². The second kappa shape index (κ2) is 15.2. The van der Waals surface area contributed by atoms with Gasteiger partial charge in [0.05, 0.1) is 13.2 Å². The average molecular weight is 496 g/mol. The van der Waals surface area contributed by atoms with Crippen LogP contribution in [0.2, 0.25) is 0 Å². The molecule has 3 atom stereocenters. The van der Waals surface area contributed by atoms with Gasteiger partial charge in [-0.1, -0.05) is 60.7 Å². The molecule has 8 heteroatoms. The lowest BCUT2D eigenvalue weighted by atomic mass is 9.96. The average Bonchev–Trinajstić information content (AvgIpc) is 2.91. The summed E-state index contributed by atoms with van der Waals surface area (Å²) in [5, 5.41) is 8.61. The summed E-state index contributed by atoms with van der Waals surface area (Å²) in [6.07, 6.45) is 3.58. The number of nitrogens with two attached hydrogens (primary N) is 1. The zero-order valence-corrected chi connectivity index (χ0v) is 21.3. The Kier molecular flexibility index (Phi) is 11.7. The van der Waals surface area contributed by atoms with Crippen molar-refractivity contribution in [1.29, 1.82) is 0 Å². The largest absolute Gasteiger partial charge is 0.379 e. The Labute approximate surface area is 215 Å². The summed E-state index contributed by atoms with van der Waals surface area (Å²) in [7, 11) is 1.55. The van der Waals surface area contributed by atoms with Gasteiger partial charge in [0.1, 0.15) is 6.04 Å². The van der Waals surface area contributed by atoms with Crippen molar-refractivity contribution in [1.82, 2.24) is 20.9 Å². The lowest BCUT2D eigenvalue weighted by Crippen LogP contribution is -2.53. The van der Waals surface area contributed by atoms with Crippen LogP contribution in [0, 0.1) is 0 Å². The van der Waals surface area contributed by atoms with Crippen LogP contribution < -0.4 is 21.7 Å². The van der Waals surface area contributed by atoms with Crippen molar-refractivity contribution in [3.05, 3.63) is 71.8 Å². The molecule has 3 amide bonds. The second-order valence-electron chi connectivity index (χ2n) is 9.44. The first-order valence-electron chi connectivity index (χ1n) is 13.0. The predicted molar refractivity (Wildman–Crippen MR) is 143 cm³/mol. The molecule has 0 saturated carbocycles. The molecule has 2 aromatic rings. The van der Waals surface area contributed by atoms with Crippen molar-refractivity contribution < 1.29 is 14.3 Å². The van der Waals surface area contributed by atoms with E-state index < -0.39 is 6.04 Å². The van der Waals surface area contributed by atoms with Gasteiger partial charge in [0.2, 0.25) is 5.91 Å². The molecule has 0 unspecified atom stereocenters. The number of ether oxygens (including phenoxy) is 1. The summed E-state index contributed by atoms with van der Waals surface area (Å²) < 4.78 is 5.42. The number of nitrogens with zero attached hydrogens (tertiary/aromatic N) is 1. The highest BCUT2D eigenvalue weighted by Gasteiger charge is 2.25. The number of carbonyl (C=O) groups is 2. The summed E-state index contributed by atoms with van der Waals surface area (Å²) in [5.41, 5.74) is 8.83. The Bertz CT molecular complexity index is 906. The van der Waals surface area contributed by atoms with Crippen LogP contribution >= 0.6 is 0 Å². The van der Waals surface area contributed by atoms with Crippen LogP contribution in [0.3, 0.4) is 0 Å². The minimum absolute atomic E-state index is 0.00341. The van der Waals surface area contributed by atoms with E-state index in [4.69, 9.17) is 10.5 Å². The molecule has 1 saturated heterocycles. The molecular formula is C28H41N5O3.